The highest BCUT2D eigenvalue weighted by atomic mass is 16.5. The predicted molar refractivity (Wildman–Crippen MR) is 62.2 cm³/mol. The summed E-state index contributed by atoms with van der Waals surface area (Å²) < 4.78 is 9.93. The van der Waals surface area contributed by atoms with Gasteiger partial charge in [0, 0.05) is 26.2 Å². The predicted octanol–water partition coefficient (Wildman–Crippen LogP) is 1.24. The zero-order valence-electron chi connectivity index (χ0n) is 10.5. The van der Waals surface area contributed by atoms with E-state index >= 15 is 0 Å². The average molecular weight is 219 g/mol. The Kier molecular flexibility index (Phi) is 18.1. The molecule has 0 aliphatic carbocycles. The fourth-order valence-corrected chi connectivity index (χ4v) is 0.679. The molecule has 0 aromatic heterocycles. The van der Waals surface area contributed by atoms with Crippen molar-refractivity contribution < 1.29 is 14.3 Å². The smallest absolute Gasteiger partial charge is 0.132 e. The first kappa shape index (κ1) is 17.0. The van der Waals surface area contributed by atoms with Gasteiger partial charge in [-0.3, -0.25) is 4.79 Å². The molecule has 15 heavy (non-hydrogen) atoms. The quantitative estimate of drug-likeness (QED) is 0.624. The van der Waals surface area contributed by atoms with Crippen LogP contribution in [0.2, 0.25) is 0 Å². The van der Waals surface area contributed by atoms with E-state index in [0.717, 1.165) is 19.8 Å². The normalized spacial score (nSPS) is 9.33. The van der Waals surface area contributed by atoms with Crippen LogP contribution in [0.4, 0.5) is 0 Å². The minimum absolute atomic E-state index is 0.193. The van der Waals surface area contributed by atoms with Crippen molar-refractivity contribution in [3.8, 4) is 0 Å². The Balaban J connectivity index is 0. The van der Waals surface area contributed by atoms with Crippen LogP contribution < -0.4 is 5.32 Å². The summed E-state index contributed by atoms with van der Waals surface area (Å²) in [5, 5.41) is 2.98. The van der Waals surface area contributed by atoms with Crippen molar-refractivity contribution in [3.05, 3.63) is 0 Å². The molecule has 0 heterocycles. The molecule has 0 fully saturated rings. The molecule has 0 aromatic carbocycles. The van der Waals surface area contributed by atoms with Crippen LogP contribution >= 0.6 is 0 Å². The van der Waals surface area contributed by atoms with Gasteiger partial charge in [0.25, 0.3) is 0 Å². The molecule has 0 saturated heterocycles. The third-order valence-electron chi connectivity index (χ3n) is 1.50. The lowest BCUT2D eigenvalue weighted by Gasteiger charge is -1.96. The lowest BCUT2D eigenvalue weighted by molar-refractivity contribution is -0.118. The Labute approximate surface area is 93.3 Å². The highest BCUT2D eigenvalue weighted by Crippen LogP contribution is 1.82. The van der Waals surface area contributed by atoms with E-state index in [0.29, 0.717) is 19.6 Å². The topological polar surface area (TPSA) is 47.6 Å². The maximum atomic E-state index is 10.2. The van der Waals surface area contributed by atoms with Crippen LogP contribution in [0, 0.1) is 0 Å². The zero-order valence-corrected chi connectivity index (χ0v) is 10.5. The van der Waals surface area contributed by atoms with E-state index in [1.807, 2.05) is 20.9 Å². The molecule has 0 bridgehead atoms. The maximum absolute atomic E-state index is 10.2. The number of rotatable bonds is 8. The fourth-order valence-electron chi connectivity index (χ4n) is 0.679. The van der Waals surface area contributed by atoms with Gasteiger partial charge in [0.1, 0.15) is 5.78 Å². The minimum Gasteiger partial charge on any atom is -0.381 e. The Hall–Kier alpha value is -0.450. The lowest BCUT2D eigenvalue weighted by atomic mass is 10.3. The third kappa shape index (κ3) is 24.7. The summed E-state index contributed by atoms with van der Waals surface area (Å²) in [6.45, 7) is 9.36. The fraction of sp³-hybridized carbons (Fsp3) is 0.909. The van der Waals surface area contributed by atoms with Gasteiger partial charge >= 0.3 is 0 Å². The standard InChI is InChI=1S/C6H12O2.C5H13NO/c1-3-8-5-4-6(2)7;1-3-7-5-4-6-2/h3-5H2,1-2H3;6H,3-5H2,1-2H3. The van der Waals surface area contributed by atoms with E-state index < -0.39 is 0 Å². The number of hydrogen-bond acceptors (Lipinski definition) is 4. The van der Waals surface area contributed by atoms with Crippen LogP contribution in [0.3, 0.4) is 0 Å². The molecule has 0 spiro atoms. The van der Waals surface area contributed by atoms with E-state index in [2.05, 4.69) is 5.32 Å². The first-order chi connectivity index (χ1) is 7.18. The summed E-state index contributed by atoms with van der Waals surface area (Å²) in [7, 11) is 1.92. The van der Waals surface area contributed by atoms with Crippen LogP contribution in [-0.4, -0.2) is 45.8 Å². The summed E-state index contributed by atoms with van der Waals surface area (Å²) >= 11 is 0. The van der Waals surface area contributed by atoms with Crippen LogP contribution in [-0.2, 0) is 14.3 Å². The molecule has 0 aromatic rings. The first-order valence-electron chi connectivity index (χ1n) is 5.48. The number of likely N-dealkylation sites (N-methyl/N-ethyl adjacent to an activating group) is 1. The molecule has 1 N–H and O–H groups in total. The van der Waals surface area contributed by atoms with Gasteiger partial charge in [0.2, 0.25) is 0 Å². The Morgan fingerprint density at radius 2 is 1.67 bits per heavy atom. The zero-order chi connectivity index (χ0) is 11.9. The van der Waals surface area contributed by atoms with E-state index in [1.54, 1.807) is 6.92 Å². The van der Waals surface area contributed by atoms with Crippen molar-refractivity contribution in [1.82, 2.24) is 5.32 Å². The molecule has 92 valence electrons. The molecule has 0 saturated carbocycles. The van der Waals surface area contributed by atoms with Crippen LogP contribution in [0.15, 0.2) is 0 Å². The van der Waals surface area contributed by atoms with Gasteiger partial charge in [-0.25, -0.2) is 0 Å². The molecule has 4 heteroatoms. The second-order valence-corrected chi connectivity index (χ2v) is 2.95. The molecular weight excluding hydrogens is 194 g/mol. The summed E-state index contributed by atoms with van der Waals surface area (Å²) in [6, 6.07) is 0. The molecule has 0 aliphatic rings. The average Bonchev–Trinajstić information content (AvgIpc) is 2.20. The van der Waals surface area contributed by atoms with Crippen molar-refractivity contribution in [2.45, 2.75) is 27.2 Å². The largest absolute Gasteiger partial charge is 0.381 e. The Morgan fingerprint density at radius 3 is 2.07 bits per heavy atom. The highest BCUT2D eigenvalue weighted by molar-refractivity contribution is 5.75. The number of carbonyl (C=O) groups is 1. The lowest BCUT2D eigenvalue weighted by Crippen LogP contribution is -2.13. The molecule has 0 amide bonds. The van der Waals surface area contributed by atoms with Gasteiger partial charge in [-0.2, -0.15) is 0 Å². The molecule has 4 nitrogen and oxygen atoms in total. The number of ketones is 1. The van der Waals surface area contributed by atoms with Crippen LogP contribution in [0.25, 0.3) is 0 Å². The third-order valence-corrected chi connectivity index (χ3v) is 1.50. The van der Waals surface area contributed by atoms with E-state index in [-0.39, 0.29) is 5.78 Å². The number of hydrogen-bond donors (Lipinski definition) is 1. The molecular formula is C11H25NO3. The Morgan fingerprint density at radius 1 is 1.13 bits per heavy atom. The monoisotopic (exact) mass is 219 g/mol. The van der Waals surface area contributed by atoms with Crippen molar-refractivity contribution in [1.29, 1.82) is 0 Å². The minimum atomic E-state index is 0.193. The molecule has 0 radical (unpaired) electrons. The summed E-state index contributed by atoms with van der Waals surface area (Å²) in [5.74, 6) is 0.193. The van der Waals surface area contributed by atoms with Crippen LogP contribution in [0.1, 0.15) is 27.2 Å². The van der Waals surface area contributed by atoms with Gasteiger partial charge < -0.3 is 14.8 Å². The number of nitrogens with one attached hydrogen (secondary N) is 1. The van der Waals surface area contributed by atoms with E-state index in [4.69, 9.17) is 9.47 Å². The summed E-state index contributed by atoms with van der Waals surface area (Å²) in [6.07, 6.45) is 0.549. The van der Waals surface area contributed by atoms with Gasteiger partial charge in [0.05, 0.1) is 13.2 Å². The number of Topliss-reactive ketones (excluding diaryl/α,β-unsaturated/α-hetero) is 1. The van der Waals surface area contributed by atoms with Crippen molar-refractivity contribution >= 4 is 5.78 Å². The maximum Gasteiger partial charge on any atom is 0.132 e. The van der Waals surface area contributed by atoms with Gasteiger partial charge in [-0.1, -0.05) is 0 Å². The molecule has 0 aliphatic heterocycles. The molecule has 0 unspecified atom stereocenters. The second-order valence-electron chi connectivity index (χ2n) is 2.95. The first-order valence-corrected chi connectivity index (χ1v) is 5.48. The summed E-state index contributed by atoms with van der Waals surface area (Å²) in [5.41, 5.74) is 0. The Bertz CT molecular complexity index is 125. The number of carbonyl (C=O) groups excluding carboxylic acids is 1. The number of ether oxygens (including phenoxy) is 2. The highest BCUT2D eigenvalue weighted by Gasteiger charge is 1.89. The van der Waals surface area contributed by atoms with E-state index in [9.17, 15) is 4.79 Å². The van der Waals surface area contributed by atoms with Gasteiger partial charge in [-0.15, -0.1) is 0 Å². The SMILES string of the molecule is CCOCCC(C)=O.CCOCCNC. The molecule has 0 atom stereocenters. The summed E-state index contributed by atoms with van der Waals surface area (Å²) in [4.78, 5) is 10.2. The van der Waals surface area contributed by atoms with Crippen LogP contribution in [0.5, 0.6) is 0 Å². The van der Waals surface area contributed by atoms with Crippen molar-refractivity contribution in [2.75, 3.05) is 40.0 Å². The molecule has 0 rings (SSSR count). The van der Waals surface area contributed by atoms with Gasteiger partial charge in [0.15, 0.2) is 0 Å². The van der Waals surface area contributed by atoms with E-state index in [1.165, 1.54) is 0 Å². The van der Waals surface area contributed by atoms with Crippen molar-refractivity contribution in [3.63, 3.8) is 0 Å². The van der Waals surface area contributed by atoms with Gasteiger partial charge in [-0.05, 0) is 27.8 Å². The second kappa shape index (κ2) is 16.0. The van der Waals surface area contributed by atoms with Crippen molar-refractivity contribution in [2.24, 2.45) is 0 Å².